The van der Waals surface area contributed by atoms with Gasteiger partial charge in [0.15, 0.2) is 0 Å². The fourth-order valence-electron chi connectivity index (χ4n) is 1.92. The molecule has 1 amide bonds. The molecule has 1 rings (SSSR count). The topological polar surface area (TPSA) is 58.6 Å². The molecule has 112 valence electrons. The normalized spacial score (nSPS) is 15.4. The van der Waals surface area contributed by atoms with Crippen molar-refractivity contribution in [2.24, 2.45) is 5.92 Å². The Labute approximate surface area is 128 Å². The molecule has 0 saturated carbocycles. The summed E-state index contributed by atoms with van der Waals surface area (Å²) < 4.78 is 5.91. The highest BCUT2D eigenvalue weighted by Gasteiger charge is 2.28. The molecule has 0 aliphatic heterocycles. The van der Waals surface area contributed by atoms with Gasteiger partial charge in [0.25, 0.3) is 0 Å². The number of methoxy groups -OCH3 is 1. The molecule has 20 heavy (non-hydrogen) atoms. The number of carbonyl (C=O) groups excluding carboxylic acids is 1. The molecule has 0 heterocycles. The maximum Gasteiger partial charge on any atom is 0.225 e. The number of amides is 1. The van der Waals surface area contributed by atoms with E-state index in [0.29, 0.717) is 13.0 Å². The molecule has 1 aromatic rings. The van der Waals surface area contributed by atoms with Crippen LogP contribution < -0.4 is 5.32 Å². The predicted octanol–water partition coefficient (Wildman–Crippen LogP) is 2.45. The van der Waals surface area contributed by atoms with Crippen LogP contribution in [-0.2, 0) is 15.1 Å². The Morgan fingerprint density at radius 3 is 2.55 bits per heavy atom. The lowest BCUT2D eigenvalue weighted by Gasteiger charge is -2.28. The van der Waals surface area contributed by atoms with Crippen LogP contribution in [0.4, 0.5) is 0 Å². The first-order valence-corrected chi connectivity index (χ1v) is 7.47. The van der Waals surface area contributed by atoms with E-state index in [-0.39, 0.29) is 18.4 Å². The molecular formula is C15H22BrNO3. The average Bonchev–Trinajstić information content (AvgIpc) is 2.45. The summed E-state index contributed by atoms with van der Waals surface area (Å²) >= 11 is 3.37. The highest BCUT2D eigenvalue weighted by molar-refractivity contribution is 9.10. The average molecular weight is 344 g/mol. The van der Waals surface area contributed by atoms with E-state index in [4.69, 9.17) is 4.74 Å². The molecule has 0 bridgehead atoms. The van der Waals surface area contributed by atoms with E-state index in [2.05, 4.69) is 21.2 Å². The third-order valence-corrected chi connectivity index (χ3v) is 3.91. The zero-order chi connectivity index (χ0) is 15.2. The minimum atomic E-state index is -1.05. The molecule has 0 aliphatic rings. The number of halogens is 1. The van der Waals surface area contributed by atoms with Crippen LogP contribution in [0.15, 0.2) is 28.7 Å². The maximum atomic E-state index is 11.9. The van der Waals surface area contributed by atoms with Gasteiger partial charge in [0.2, 0.25) is 5.91 Å². The summed E-state index contributed by atoms with van der Waals surface area (Å²) in [5.41, 5.74) is -0.258. The molecule has 4 nitrogen and oxygen atoms in total. The highest BCUT2D eigenvalue weighted by atomic mass is 79.9. The van der Waals surface area contributed by atoms with Gasteiger partial charge in [0.1, 0.15) is 5.60 Å². The number of ether oxygens (including phenoxy) is 1. The predicted molar refractivity (Wildman–Crippen MR) is 82.4 cm³/mol. The minimum Gasteiger partial charge on any atom is -0.384 e. The second-order valence-corrected chi connectivity index (χ2v) is 5.88. The van der Waals surface area contributed by atoms with Gasteiger partial charge in [-0.1, -0.05) is 41.9 Å². The summed E-state index contributed by atoms with van der Waals surface area (Å²) in [6, 6.07) is 7.48. The Balaban J connectivity index is 2.70. The van der Waals surface area contributed by atoms with Crippen molar-refractivity contribution in [3.63, 3.8) is 0 Å². The van der Waals surface area contributed by atoms with E-state index in [9.17, 15) is 9.90 Å². The lowest BCUT2D eigenvalue weighted by molar-refractivity contribution is -0.127. The first kappa shape index (κ1) is 17.1. The highest BCUT2D eigenvalue weighted by Crippen LogP contribution is 2.25. The van der Waals surface area contributed by atoms with Crippen LogP contribution in [0.1, 0.15) is 25.8 Å². The minimum absolute atomic E-state index is 0.115. The van der Waals surface area contributed by atoms with Crippen molar-refractivity contribution in [3.05, 3.63) is 34.3 Å². The molecule has 5 heteroatoms. The summed E-state index contributed by atoms with van der Waals surface area (Å²) in [7, 11) is 1.56. The van der Waals surface area contributed by atoms with E-state index in [1.807, 2.05) is 31.2 Å². The van der Waals surface area contributed by atoms with Gasteiger partial charge in [-0.2, -0.15) is 0 Å². The van der Waals surface area contributed by atoms with Crippen molar-refractivity contribution in [3.8, 4) is 0 Å². The zero-order valence-corrected chi connectivity index (χ0v) is 13.7. The third kappa shape index (κ3) is 4.58. The largest absolute Gasteiger partial charge is 0.384 e. The first-order chi connectivity index (χ1) is 9.42. The number of hydrogen-bond donors (Lipinski definition) is 2. The molecule has 2 unspecified atom stereocenters. The third-order valence-electron chi connectivity index (χ3n) is 3.39. The molecule has 2 N–H and O–H groups in total. The number of benzene rings is 1. The van der Waals surface area contributed by atoms with E-state index >= 15 is 0 Å². The molecule has 1 aromatic carbocycles. The molecule has 0 fully saturated rings. The smallest absolute Gasteiger partial charge is 0.225 e. The van der Waals surface area contributed by atoms with Crippen molar-refractivity contribution in [2.45, 2.75) is 25.9 Å². The molecule has 0 spiro atoms. The van der Waals surface area contributed by atoms with Crippen LogP contribution in [0.3, 0.4) is 0 Å². The van der Waals surface area contributed by atoms with Gasteiger partial charge in [-0.05, 0) is 24.1 Å². The summed E-state index contributed by atoms with van der Waals surface area (Å²) in [4.78, 5) is 11.9. The molecule has 0 saturated heterocycles. The van der Waals surface area contributed by atoms with Gasteiger partial charge in [-0.15, -0.1) is 0 Å². The second-order valence-electron chi connectivity index (χ2n) is 4.97. The summed E-state index contributed by atoms with van der Waals surface area (Å²) in [5.74, 6) is -0.345. The van der Waals surface area contributed by atoms with Crippen molar-refractivity contribution >= 4 is 21.8 Å². The Kier molecular flexibility index (Phi) is 6.65. The molecule has 0 radical (unpaired) electrons. The second kappa shape index (κ2) is 7.76. The Hall–Kier alpha value is -0.910. The Morgan fingerprint density at radius 2 is 2.05 bits per heavy atom. The van der Waals surface area contributed by atoms with Crippen LogP contribution in [0.25, 0.3) is 0 Å². The van der Waals surface area contributed by atoms with E-state index in [0.717, 1.165) is 10.0 Å². The number of rotatable bonds is 7. The van der Waals surface area contributed by atoms with Gasteiger partial charge in [-0.3, -0.25) is 4.79 Å². The number of aliphatic hydroxyl groups is 1. The van der Waals surface area contributed by atoms with Crippen molar-refractivity contribution in [1.82, 2.24) is 5.32 Å². The van der Waals surface area contributed by atoms with Crippen molar-refractivity contribution in [1.29, 1.82) is 0 Å². The van der Waals surface area contributed by atoms with Gasteiger partial charge in [0, 0.05) is 11.6 Å². The van der Waals surface area contributed by atoms with Gasteiger partial charge >= 0.3 is 0 Å². The first-order valence-electron chi connectivity index (χ1n) is 6.68. The fourth-order valence-corrected chi connectivity index (χ4v) is 2.19. The van der Waals surface area contributed by atoms with E-state index in [1.54, 1.807) is 14.0 Å². The molecule has 2 atom stereocenters. The number of carbonyl (C=O) groups is 1. The Morgan fingerprint density at radius 1 is 1.45 bits per heavy atom. The molecule has 0 aromatic heterocycles. The maximum absolute atomic E-state index is 11.9. The number of hydrogen-bond acceptors (Lipinski definition) is 3. The molecular weight excluding hydrogens is 322 g/mol. The summed E-state index contributed by atoms with van der Waals surface area (Å²) in [6.07, 6.45) is 0.521. The van der Waals surface area contributed by atoms with E-state index < -0.39 is 5.60 Å². The monoisotopic (exact) mass is 343 g/mol. The van der Waals surface area contributed by atoms with Crippen LogP contribution >= 0.6 is 15.9 Å². The van der Waals surface area contributed by atoms with Gasteiger partial charge in [-0.25, -0.2) is 0 Å². The fraction of sp³-hybridized carbons (Fsp3) is 0.533. The van der Waals surface area contributed by atoms with E-state index in [1.165, 1.54) is 0 Å². The zero-order valence-electron chi connectivity index (χ0n) is 12.1. The Bertz CT molecular complexity index is 435. The SMILES string of the molecule is CCC(O)(CNC(=O)C(C)COC)c1ccc(Br)cc1. The quantitative estimate of drug-likeness (QED) is 0.799. The standard InChI is InChI=1S/C15H22BrNO3/c1-4-15(19,12-5-7-13(16)8-6-12)10-17-14(18)11(2)9-20-3/h5-8,11,19H,4,9-10H2,1-3H3,(H,17,18). The van der Waals surface area contributed by atoms with Gasteiger partial charge < -0.3 is 15.2 Å². The van der Waals surface area contributed by atoms with Crippen molar-refractivity contribution < 1.29 is 14.6 Å². The lowest BCUT2D eigenvalue weighted by Crippen LogP contribution is -2.42. The summed E-state index contributed by atoms with van der Waals surface area (Å²) in [5, 5.41) is 13.5. The number of nitrogens with one attached hydrogen (secondary N) is 1. The van der Waals surface area contributed by atoms with Crippen LogP contribution in [0, 0.1) is 5.92 Å². The van der Waals surface area contributed by atoms with Crippen LogP contribution in [0.2, 0.25) is 0 Å². The lowest BCUT2D eigenvalue weighted by atomic mass is 9.91. The van der Waals surface area contributed by atoms with Crippen LogP contribution in [0.5, 0.6) is 0 Å². The van der Waals surface area contributed by atoms with Gasteiger partial charge in [0.05, 0.1) is 19.1 Å². The molecule has 0 aliphatic carbocycles. The summed E-state index contributed by atoms with van der Waals surface area (Å²) in [6.45, 7) is 4.25. The van der Waals surface area contributed by atoms with Crippen molar-refractivity contribution in [2.75, 3.05) is 20.3 Å². The van der Waals surface area contributed by atoms with Crippen LogP contribution in [-0.4, -0.2) is 31.3 Å².